The Balaban J connectivity index is 2.55. The molecule has 0 amide bonds. The molecule has 1 aromatic rings. The second-order valence-electron chi connectivity index (χ2n) is 4.15. The number of carbonyl (C=O) groups is 1. The molecule has 1 N–H and O–H groups in total. The Morgan fingerprint density at radius 3 is 2.86 bits per heavy atom. The molecule has 0 saturated heterocycles. The van der Waals surface area contributed by atoms with Gasteiger partial charge < -0.3 is 5.11 Å². The van der Waals surface area contributed by atoms with E-state index in [2.05, 4.69) is 0 Å². The van der Waals surface area contributed by atoms with E-state index in [1.807, 2.05) is 31.2 Å². The highest BCUT2D eigenvalue weighted by Crippen LogP contribution is 2.37. The highest BCUT2D eigenvalue weighted by atomic mass is 16.4. The fourth-order valence-electron chi connectivity index (χ4n) is 2.27. The Kier molecular flexibility index (Phi) is 2.06. The van der Waals surface area contributed by atoms with Crippen LogP contribution in [-0.4, -0.2) is 11.1 Å². The van der Waals surface area contributed by atoms with Gasteiger partial charge in [-0.1, -0.05) is 24.3 Å². The van der Waals surface area contributed by atoms with Gasteiger partial charge in [-0.3, -0.25) is 4.79 Å². The van der Waals surface area contributed by atoms with Crippen molar-refractivity contribution in [1.82, 2.24) is 0 Å². The Morgan fingerprint density at radius 1 is 1.43 bits per heavy atom. The van der Waals surface area contributed by atoms with Crippen LogP contribution < -0.4 is 0 Å². The molecule has 1 atom stereocenters. The molecule has 0 heterocycles. The zero-order valence-electron chi connectivity index (χ0n) is 8.29. The largest absolute Gasteiger partial charge is 0.481 e. The standard InChI is InChI=1S/C12H14O2/c1-12(11(13)14)8-4-6-9-5-2-3-7-10(9)12/h2-3,5,7H,4,6,8H2,1H3,(H,13,14)/t12-/m1/s1. The lowest BCUT2D eigenvalue weighted by molar-refractivity contribution is -0.143. The number of benzene rings is 1. The molecule has 0 radical (unpaired) electrons. The fourth-order valence-corrected chi connectivity index (χ4v) is 2.27. The van der Waals surface area contributed by atoms with E-state index in [0.29, 0.717) is 0 Å². The lowest BCUT2D eigenvalue weighted by Crippen LogP contribution is -2.35. The Morgan fingerprint density at radius 2 is 2.14 bits per heavy atom. The molecular weight excluding hydrogens is 176 g/mol. The van der Waals surface area contributed by atoms with Crippen LogP contribution in [0, 0.1) is 0 Å². The predicted octanol–water partition coefficient (Wildman–Crippen LogP) is 2.37. The first-order valence-corrected chi connectivity index (χ1v) is 4.96. The van der Waals surface area contributed by atoms with Crippen molar-refractivity contribution in [3.63, 3.8) is 0 Å². The summed E-state index contributed by atoms with van der Waals surface area (Å²) in [5.41, 5.74) is 1.52. The topological polar surface area (TPSA) is 37.3 Å². The van der Waals surface area contributed by atoms with Crippen LogP contribution in [0.5, 0.6) is 0 Å². The molecule has 1 aromatic carbocycles. The molecule has 0 fully saturated rings. The van der Waals surface area contributed by atoms with Gasteiger partial charge in [-0.05, 0) is 37.3 Å². The number of hydrogen-bond acceptors (Lipinski definition) is 1. The minimum atomic E-state index is -0.704. The Labute approximate surface area is 83.6 Å². The molecule has 0 aliphatic heterocycles. The van der Waals surface area contributed by atoms with Gasteiger partial charge in [0.2, 0.25) is 0 Å². The summed E-state index contributed by atoms with van der Waals surface area (Å²) < 4.78 is 0. The summed E-state index contributed by atoms with van der Waals surface area (Å²) in [5, 5.41) is 9.24. The van der Waals surface area contributed by atoms with E-state index in [1.54, 1.807) is 0 Å². The molecule has 0 saturated carbocycles. The van der Waals surface area contributed by atoms with Crippen molar-refractivity contribution in [3.8, 4) is 0 Å². The Bertz CT molecular complexity index is 370. The highest BCUT2D eigenvalue weighted by Gasteiger charge is 2.38. The van der Waals surface area contributed by atoms with Crippen LogP contribution in [0.4, 0.5) is 0 Å². The van der Waals surface area contributed by atoms with Gasteiger partial charge in [0.15, 0.2) is 0 Å². The monoisotopic (exact) mass is 190 g/mol. The van der Waals surface area contributed by atoms with Gasteiger partial charge in [0.25, 0.3) is 0 Å². The maximum atomic E-state index is 11.2. The van der Waals surface area contributed by atoms with Crippen molar-refractivity contribution in [2.24, 2.45) is 0 Å². The summed E-state index contributed by atoms with van der Waals surface area (Å²) in [6, 6.07) is 7.88. The number of carboxylic acids is 1. The molecule has 74 valence electrons. The quantitative estimate of drug-likeness (QED) is 0.738. The number of aryl methyl sites for hydroxylation is 1. The number of rotatable bonds is 1. The van der Waals surface area contributed by atoms with E-state index < -0.39 is 11.4 Å². The summed E-state index contributed by atoms with van der Waals surface area (Å²) >= 11 is 0. The summed E-state index contributed by atoms with van der Waals surface area (Å²) in [6.45, 7) is 1.83. The van der Waals surface area contributed by atoms with Gasteiger partial charge in [0.1, 0.15) is 0 Å². The average molecular weight is 190 g/mol. The summed E-state index contributed by atoms with van der Waals surface area (Å²) in [4.78, 5) is 11.2. The lowest BCUT2D eigenvalue weighted by Gasteiger charge is -2.31. The van der Waals surface area contributed by atoms with Crippen LogP contribution in [0.15, 0.2) is 24.3 Å². The fraction of sp³-hybridized carbons (Fsp3) is 0.417. The minimum absolute atomic E-state index is 0.672. The number of hydrogen-bond donors (Lipinski definition) is 1. The van der Waals surface area contributed by atoms with Gasteiger partial charge >= 0.3 is 5.97 Å². The zero-order valence-corrected chi connectivity index (χ0v) is 8.29. The van der Waals surface area contributed by atoms with Crippen molar-refractivity contribution in [2.45, 2.75) is 31.6 Å². The van der Waals surface area contributed by atoms with Crippen molar-refractivity contribution >= 4 is 5.97 Å². The number of aliphatic carboxylic acids is 1. The third-order valence-electron chi connectivity index (χ3n) is 3.21. The summed E-state index contributed by atoms with van der Waals surface area (Å²) in [5.74, 6) is -0.704. The Hall–Kier alpha value is -1.31. The molecule has 0 aromatic heterocycles. The third kappa shape index (κ3) is 1.22. The summed E-state index contributed by atoms with van der Waals surface area (Å²) in [6.07, 6.45) is 2.73. The molecule has 1 aliphatic rings. The van der Waals surface area contributed by atoms with Crippen molar-refractivity contribution in [3.05, 3.63) is 35.4 Å². The second-order valence-corrected chi connectivity index (χ2v) is 4.15. The van der Waals surface area contributed by atoms with Gasteiger partial charge in [-0.2, -0.15) is 0 Å². The molecule has 2 nitrogen and oxygen atoms in total. The molecule has 0 spiro atoms. The van der Waals surface area contributed by atoms with Crippen molar-refractivity contribution < 1.29 is 9.90 Å². The third-order valence-corrected chi connectivity index (χ3v) is 3.21. The molecule has 0 bridgehead atoms. The first kappa shape index (κ1) is 9.25. The molecule has 0 unspecified atom stereocenters. The molecular formula is C12H14O2. The lowest BCUT2D eigenvalue weighted by atomic mass is 9.71. The average Bonchev–Trinajstić information content (AvgIpc) is 2.18. The van der Waals surface area contributed by atoms with Crippen LogP contribution in [-0.2, 0) is 16.6 Å². The van der Waals surface area contributed by atoms with Gasteiger partial charge in [-0.15, -0.1) is 0 Å². The van der Waals surface area contributed by atoms with Crippen LogP contribution in [0.25, 0.3) is 0 Å². The van der Waals surface area contributed by atoms with Gasteiger partial charge in [-0.25, -0.2) is 0 Å². The van der Waals surface area contributed by atoms with Crippen LogP contribution in [0.2, 0.25) is 0 Å². The summed E-state index contributed by atoms with van der Waals surface area (Å²) in [7, 11) is 0. The molecule has 2 rings (SSSR count). The highest BCUT2D eigenvalue weighted by molar-refractivity contribution is 5.81. The first-order chi connectivity index (χ1) is 6.64. The van der Waals surface area contributed by atoms with Crippen LogP contribution in [0.1, 0.15) is 30.9 Å². The normalized spacial score (nSPS) is 25.5. The van der Waals surface area contributed by atoms with Crippen molar-refractivity contribution in [1.29, 1.82) is 0 Å². The van der Waals surface area contributed by atoms with E-state index in [4.69, 9.17) is 0 Å². The van der Waals surface area contributed by atoms with Crippen molar-refractivity contribution in [2.75, 3.05) is 0 Å². The SMILES string of the molecule is C[C@@]1(C(=O)O)CCCc2ccccc21. The maximum Gasteiger partial charge on any atom is 0.313 e. The van der Waals surface area contributed by atoms with E-state index in [1.165, 1.54) is 5.56 Å². The van der Waals surface area contributed by atoms with E-state index in [-0.39, 0.29) is 0 Å². The number of carboxylic acid groups (broad SMARTS) is 1. The van der Waals surface area contributed by atoms with E-state index >= 15 is 0 Å². The first-order valence-electron chi connectivity index (χ1n) is 4.96. The predicted molar refractivity (Wildman–Crippen MR) is 54.4 cm³/mol. The smallest absolute Gasteiger partial charge is 0.313 e. The van der Waals surface area contributed by atoms with Crippen LogP contribution >= 0.6 is 0 Å². The maximum absolute atomic E-state index is 11.2. The molecule has 1 aliphatic carbocycles. The van der Waals surface area contributed by atoms with Gasteiger partial charge in [0, 0.05) is 0 Å². The van der Waals surface area contributed by atoms with Crippen LogP contribution in [0.3, 0.4) is 0 Å². The second kappa shape index (κ2) is 3.12. The minimum Gasteiger partial charge on any atom is -0.481 e. The zero-order chi connectivity index (χ0) is 10.2. The van der Waals surface area contributed by atoms with E-state index in [9.17, 15) is 9.90 Å². The van der Waals surface area contributed by atoms with E-state index in [0.717, 1.165) is 24.8 Å². The molecule has 2 heteroatoms. The molecule has 14 heavy (non-hydrogen) atoms. The number of fused-ring (bicyclic) bond motifs is 1. The van der Waals surface area contributed by atoms with Gasteiger partial charge in [0.05, 0.1) is 5.41 Å².